The standard InChI is InChI=1S/C18H24N4O/c1-13(2)23-16-9-7-15(8-10-16)22-18-11-17(19-12-20-18)21-14-5-3-4-6-14/h7-14H,3-6H2,1-2H3,(H2,19,20,21,22). The molecule has 0 radical (unpaired) electrons. The molecule has 1 aromatic carbocycles. The van der Waals surface area contributed by atoms with Crippen LogP contribution in [0.2, 0.25) is 0 Å². The molecule has 122 valence electrons. The van der Waals surface area contributed by atoms with E-state index < -0.39 is 0 Å². The fraction of sp³-hybridized carbons (Fsp3) is 0.444. The van der Waals surface area contributed by atoms with Crippen LogP contribution in [0.3, 0.4) is 0 Å². The third kappa shape index (κ3) is 4.58. The lowest BCUT2D eigenvalue weighted by Gasteiger charge is -2.14. The van der Waals surface area contributed by atoms with Crippen LogP contribution in [0.25, 0.3) is 0 Å². The zero-order chi connectivity index (χ0) is 16.1. The van der Waals surface area contributed by atoms with Gasteiger partial charge in [-0.05, 0) is 51.0 Å². The smallest absolute Gasteiger partial charge is 0.135 e. The minimum atomic E-state index is 0.180. The van der Waals surface area contributed by atoms with E-state index in [0.29, 0.717) is 6.04 Å². The first kappa shape index (κ1) is 15.6. The molecular weight excluding hydrogens is 288 g/mol. The van der Waals surface area contributed by atoms with Gasteiger partial charge in [-0.1, -0.05) is 12.8 Å². The van der Waals surface area contributed by atoms with E-state index >= 15 is 0 Å². The molecule has 3 rings (SSSR count). The number of ether oxygens (including phenoxy) is 1. The van der Waals surface area contributed by atoms with Crippen molar-refractivity contribution in [2.45, 2.75) is 51.7 Å². The van der Waals surface area contributed by atoms with E-state index in [2.05, 4.69) is 20.6 Å². The molecule has 1 saturated carbocycles. The van der Waals surface area contributed by atoms with Gasteiger partial charge in [0, 0.05) is 17.8 Å². The number of nitrogens with zero attached hydrogens (tertiary/aromatic N) is 2. The first-order valence-electron chi connectivity index (χ1n) is 8.31. The van der Waals surface area contributed by atoms with Crippen molar-refractivity contribution < 1.29 is 4.74 Å². The molecule has 1 heterocycles. The summed E-state index contributed by atoms with van der Waals surface area (Å²) in [6.07, 6.45) is 6.83. The van der Waals surface area contributed by atoms with Gasteiger partial charge in [-0.2, -0.15) is 0 Å². The van der Waals surface area contributed by atoms with Gasteiger partial charge in [0.1, 0.15) is 23.7 Å². The van der Waals surface area contributed by atoms with Gasteiger partial charge in [0.2, 0.25) is 0 Å². The van der Waals surface area contributed by atoms with Crippen LogP contribution >= 0.6 is 0 Å². The molecule has 23 heavy (non-hydrogen) atoms. The Balaban J connectivity index is 1.62. The van der Waals surface area contributed by atoms with E-state index in [4.69, 9.17) is 4.74 Å². The highest BCUT2D eigenvalue weighted by atomic mass is 16.5. The minimum absolute atomic E-state index is 0.180. The highest BCUT2D eigenvalue weighted by Gasteiger charge is 2.15. The summed E-state index contributed by atoms with van der Waals surface area (Å²) >= 11 is 0. The summed E-state index contributed by atoms with van der Waals surface area (Å²) in [6.45, 7) is 4.04. The average molecular weight is 312 g/mol. The Morgan fingerprint density at radius 2 is 1.74 bits per heavy atom. The predicted molar refractivity (Wildman–Crippen MR) is 93.4 cm³/mol. The number of hydrogen-bond acceptors (Lipinski definition) is 5. The van der Waals surface area contributed by atoms with Gasteiger partial charge in [0.05, 0.1) is 6.10 Å². The van der Waals surface area contributed by atoms with Crippen molar-refractivity contribution in [2.24, 2.45) is 0 Å². The third-order valence-corrected chi connectivity index (χ3v) is 3.87. The van der Waals surface area contributed by atoms with Crippen LogP contribution in [-0.4, -0.2) is 22.1 Å². The number of aromatic nitrogens is 2. The zero-order valence-corrected chi connectivity index (χ0v) is 13.7. The molecule has 0 unspecified atom stereocenters. The lowest BCUT2D eigenvalue weighted by Crippen LogP contribution is -2.15. The topological polar surface area (TPSA) is 59.1 Å². The van der Waals surface area contributed by atoms with E-state index in [-0.39, 0.29) is 6.10 Å². The number of nitrogens with one attached hydrogen (secondary N) is 2. The summed E-state index contributed by atoms with van der Waals surface area (Å²) < 4.78 is 5.65. The molecule has 0 amide bonds. The number of rotatable bonds is 6. The van der Waals surface area contributed by atoms with E-state index in [1.54, 1.807) is 6.33 Å². The van der Waals surface area contributed by atoms with Crippen LogP contribution < -0.4 is 15.4 Å². The normalized spacial score (nSPS) is 14.9. The summed E-state index contributed by atoms with van der Waals surface area (Å²) in [7, 11) is 0. The second kappa shape index (κ2) is 7.31. The van der Waals surface area contributed by atoms with Crippen LogP contribution in [0.4, 0.5) is 17.3 Å². The molecule has 0 spiro atoms. The second-order valence-corrected chi connectivity index (χ2v) is 6.23. The maximum atomic E-state index is 5.65. The molecule has 0 aliphatic heterocycles. The van der Waals surface area contributed by atoms with Crippen molar-refractivity contribution in [1.29, 1.82) is 0 Å². The van der Waals surface area contributed by atoms with Gasteiger partial charge in [0.15, 0.2) is 0 Å². The van der Waals surface area contributed by atoms with Crippen LogP contribution in [0.5, 0.6) is 5.75 Å². The van der Waals surface area contributed by atoms with Crippen LogP contribution in [0, 0.1) is 0 Å². The van der Waals surface area contributed by atoms with Crippen molar-refractivity contribution in [1.82, 2.24) is 9.97 Å². The van der Waals surface area contributed by atoms with Gasteiger partial charge in [-0.25, -0.2) is 9.97 Å². The summed E-state index contributed by atoms with van der Waals surface area (Å²) in [5.74, 6) is 2.55. The second-order valence-electron chi connectivity index (χ2n) is 6.23. The Bertz CT molecular complexity index is 621. The van der Waals surface area contributed by atoms with Gasteiger partial charge in [-0.3, -0.25) is 0 Å². The maximum absolute atomic E-state index is 5.65. The highest BCUT2D eigenvalue weighted by molar-refractivity contribution is 5.59. The number of hydrogen-bond donors (Lipinski definition) is 2. The number of benzene rings is 1. The van der Waals surface area contributed by atoms with Gasteiger partial charge >= 0.3 is 0 Å². The van der Waals surface area contributed by atoms with Crippen molar-refractivity contribution in [2.75, 3.05) is 10.6 Å². The molecule has 5 nitrogen and oxygen atoms in total. The fourth-order valence-corrected chi connectivity index (χ4v) is 2.82. The number of anilines is 3. The lowest BCUT2D eigenvalue weighted by molar-refractivity contribution is 0.242. The van der Waals surface area contributed by atoms with Crippen molar-refractivity contribution in [3.8, 4) is 5.75 Å². The van der Waals surface area contributed by atoms with Gasteiger partial charge in [-0.15, -0.1) is 0 Å². The van der Waals surface area contributed by atoms with E-state index in [9.17, 15) is 0 Å². The van der Waals surface area contributed by atoms with Crippen LogP contribution in [0.15, 0.2) is 36.7 Å². The molecule has 0 atom stereocenters. The zero-order valence-electron chi connectivity index (χ0n) is 13.7. The Morgan fingerprint density at radius 3 is 2.43 bits per heavy atom. The van der Waals surface area contributed by atoms with Crippen molar-refractivity contribution in [3.63, 3.8) is 0 Å². The molecular formula is C18H24N4O. The lowest BCUT2D eigenvalue weighted by atomic mass is 10.2. The first-order valence-corrected chi connectivity index (χ1v) is 8.31. The Labute approximate surface area is 137 Å². The minimum Gasteiger partial charge on any atom is -0.491 e. The maximum Gasteiger partial charge on any atom is 0.135 e. The Kier molecular flexibility index (Phi) is 4.95. The predicted octanol–water partition coefficient (Wildman–Crippen LogP) is 4.36. The fourth-order valence-electron chi connectivity index (χ4n) is 2.82. The van der Waals surface area contributed by atoms with E-state index in [1.165, 1.54) is 25.7 Å². The summed E-state index contributed by atoms with van der Waals surface area (Å²) in [5.41, 5.74) is 0.978. The van der Waals surface area contributed by atoms with E-state index in [0.717, 1.165) is 23.1 Å². The van der Waals surface area contributed by atoms with Crippen LogP contribution in [-0.2, 0) is 0 Å². The van der Waals surface area contributed by atoms with E-state index in [1.807, 2.05) is 44.2 Å². The van der Waals surface area contributed by atoms with Gasteiger partial charge < -0.3 is 15.4 Å². The third-order valence-electron chi connectivity index (χ3n) is 3.87. The molecule has 1 aliphatic carbocycles. The molecule has 0 bridgehead atoms. The molecule has 2 aromatic rings. The first-order chi connectivity index (χ1) is 11.2. The summed E-state index contributed by atoms with van der Waals surface area (Å²) in [6, 6.07) is 10.4. The van der Waals surface area contributed by atoms with Crippen LogP contribution in [0.1, 0.15) is 39.5 Å². The largest absolute Gasteiger partial charge is 0.491 e. The monoisotopic (exact) mass is 312 g/mol. The SMILES string of the molecule is CC(C)Oc1ccc(Nc2cc(NC3CCCC3)ncn2)cc1. The molecule has 2 N–H and O–H groups in total. The van der Waals surface area contributed by atoms with Crippen molar-refractivity contribution >= 4 is 17.3 Å². The quantitative estimate of drug-likeness (QED) is 0.830. The molecule has 1 fully saturated rings. The average Bonchev–Trinajstić information content (AvgIpc) is 3.02. The highest BCUT2D eigenvalue weighted by Crippen LogP contribution is 2.23. The Hall–Kier alpha value is -2.30. The molecule has 5 heteroatoms. The summed E-state index contributed by atoms with van der Waals surface area (Å²) in [4.78, 5) is 8.60. The van der Waals surface area contributed by atoms with Crippen molar-refractivity contribution in [3.05, 3.63) is 36.7 Å². The summed E-state index contributed by atoms with van der Waals surface area (Å²) in [5, 5.41) is 6.79. The van der Waals surface area contributed by atoms with Gasteiger partial charge in [0.25, 0.3) is 0 Å². The molecule has 0 saturated heterocycles. The molecule has 1 aliphatic rings. The Morgan fingerprint density at radius 1 is 1.04 bits per heavy atom. The molecule has 1 aromatic heterocycles.